The summed E-state index contributed by atoms with van der Waals surface area (Å²) in [5.41, 5.74) is 3.95. The van der Waals surface area contributed by atoms with E-state index in [0.717, 1.165) is 41.4 Å². The Bertz CT molecular complexity index is 694. The van der Waals surface area contributed by atoms with E-state index in [1.807, 2.05) is 0 Å². The molecule has 0 bridgehead atoms. The van der Waals surface area contributed by atoms with Crippen LogP contribution in [0.25, 0.3) is 0 Å². The lowest BCUT2D eigenvalue weighted by Gasteiger charge is -2.46. The van der Waals surface area contributed by atoms with E-state index in [2.05, 4.69) is 53.2 Å². The van der Waals surface area contributed by atoms with Gasteiger partial charge in [-0.1, -0.05) is 116 Å². The molecule has 3 fully saturated rings. The summed E-state index contributed by atoms with van der Waals surface area (Å²) >= 11 is 0. The molecule has 0 amide bonds. The maximum atomic E-state index is 2.66. The van der Waals surface area contributed by atoms with Crippen molar-refractivity contribution >= 4 is 0 Å². The van der Waals surface area contributed by atoms with E-state index in [-0.39, 0.29) is 0 Å². The summed E-state index contributed by atoms with van der Waals surface area (Å²) in [4.78, 5) is 0. The van der Waals surface area contributed by atoms with E-state index in [9.17, 15) is 0 Å². The van der Waals surface area contributed by atoms with E-state index < -0.39 is 0 Å². The van der Waals surface area contributed by atoms with Crippen LogP contribution in [0.5, 0.6) is 0 Å². The highest BCUT2D eigenvalue weighted by atomic mass is 14.4. The molecule has 35 heavy (non-hydrogen) atoms. The zero-order valence-corrected chi connectivity index (χ0v) is 24.3. The first-order valence-electron chi connectivity index (χ1n) is 16.1. The molecule has 0 spiro atoms. The summed E-state index contributed by atoms with van der Waals surface area (Å²) in [6.07, 6.45) is 32.5. The summed E-state index contributed by atoms with van der Waals surface area (Å²) in [5, 5.41) is 0. The molecule has 1 radical (unpaired) electrons. The van der Waals surface area contributed by atoms with Gasteiger partial charge in [-0.05, 0) is 105 Å². The monoisotopic (exact) mass is 479 g/mol. The number of fused-ring (bicyclic) bond motifs is 1. The zero-order valence-electron chi connectivity index (χ0n) is 24.3. The van der Waals surface area contributed by atoms with Crippen LogP contribution in [-0.2, 0) is 0 Å². The highest BCUT2D eigenvalue weighted by Gasteiger charge is 2.39. The van der Waals surface area contributed by atoms with Crippen LogP contribution in [0.15, 0.2) is 23.3 Å². The molecule has 199 valence electrons. The van der Waals surface area contributed by atoms with E-state index in [0.29, 0.717) is 5.41 Å². The Kier molecular flexibility index (Phi) is 10.1. The topological polar surface area (TPSA) is 0 Å². The van der Waals surface area contributed by atoms with E-state index in [1.54, 1.807) is 11.1 Å². The molecule has 0 aromatic heterocycles. The second-order valence-corrected chi connectivity index (χ2v) is 14.5. The third-order valence-corrected chi connectivity index (χ3v) is 11.0. The van der Waals surface area contributed by atoms with Crippen molar-refractivity contribution in [2.75, 3.05) is 0 Å². The predicted octanol–water partition coefficient (Wildman–Crippen LogP) is 11.1. The maximum absolute atomic E-state index is 2.66. The van der Waals surface area contributed by atoms with Crippen LogP contribution in [0.1, 0.15) is 144 Å². The molecule has 0 heteroatoms. The van der Waals surface area contributed by atoms with Gasteiger partial charge in [0.05, 0.1) is 0 Å². The quantitative estimate of drug-likeness (QED) is 0.273. The molecule has 5 atom stereocenters. The average Bonchev–Trinajstić information content (AvgIpc) is 3.24. The maximum Gasteiger partial charge on any atom is -0.00929 e. The predicted molar refractivity (Wildman–Crippen MR) is 154 cm³/mol. The Hall–Kier alpha value is -0.520. The molecule has 0 nitrogen and oxygen atoms in total. The molecule has 0 aromatic rings. The van der Waals surface area contributed by atoms with Crippen molar-refractivity contribution in [1.29, 1.82) is 0 Å². The molecule has 0 heterocycles. The van der Waals surface area contributed by atoms with Gasteiger partial charge in [-0.2, -0.15) is 0 Å². The SMILES string of the molecule is CCCCCCCC1CC2=CC(CC[C@H]3CCCC(C)[C@H]3C3CCC(C(C)(C)C)CC3)=C[CH][C@H]2C1. The van der Waals surface area contributed by atoms with Gasteiger partial charge < -0.3 is 0 Å². The van der Waals surface area contributed by atoms with Crippen LogP contribution in [0.3, 0.4) is 0 Å². The van der Waals surface area contributed by atoms with Gasteiger partial charge in [-0.25, -0.2) is 0 Å². The van der Waals surface area contributed by atoms with Gasteiger partial charge in [-0.15, -0.1) is 0 Å². The Balaban J connectivity index is 1.26. The Morgan fingerprint density at radius 3 is 2.40 bits per heavy atom. The van der Waals surface area contributed by atoms with Crippen molar-refractivity contribution in [2.24, 2.45) is 46.8 Å². The molecule has 4 rings (SSSR count). The van der Waals surface area contributed by atoms with E-state index in [4.69, 9.17) is 0 Å². The lowest BCUT2D eigenvalue weighted by Crippen LogP contribution is -2.36. The number of allylic oxidation sites excluding steroid dienone is 4. The first-order valence-corrected chi connectivity index (χ1v) is 16.1. The zero-order chi connectivity index (χ0) is 24.8. The average molecular weight is 480 g/mol. The third-order valence-electron chi connectivity index (χ3n) is 11.0. The lowest BCUT2D eigenvalue weighted by molar-refractivity contribution is 0.0450. The fraction of sp³-hybridized carbons (Fsp3) is 0.857. The minimum Gasteiger partial charge on any atom is -0.0770 e. The molecule has 2 unspecified atom stereocenters. The van der Waals surface area contributed by atoms with Crippen molar-refractivity contribution in [3.8, 4) is 0 Å². The molecule has 4 aliphatic rings. The fourth-order valence-electron chi connectivity index (χ4n) is 8.84. The van der Waals surface area contributed by atoms with Crippen molar-refractivity contribution < 1.29 is 0 Å². The first-order chi connectivity index (χ1) is 16.8. The lowest BCUT2D eigenvalue weighted by atomic mass is 9.59. The molecule has 3 saturated carbocycles. The number of unbranched alkanes of at least 4 members (excludes halogenated alkanes) is 4. The molecular formula is C35H59. The normalized spacial score (nSPS) is 36.0. The van der Waals surface area contributed by atoms with E-state index >= 15 is 0 Å². The van der Waals surface area contributed by atoms with Crippen LogP contribution >= 0.6 is 0 Å². The van der Waals surface area contributed by atoms with E-state index in [1.165, 1.54) is 109 Å². The van der Waals surface area contributed by atoms with Crippen LogP contribution in [0.4, 0.5) is 0 Å². The van der Waals surface area contributed by atoms with Crippen molar-refractivity contribution in [3.05, 3.63) is 29.7 Å². The van der Waals surface area contributed by atoms with Crippen LogP contribution in [0.2, 0.25) is 0 Å². The standard InChI is InChI=1S/C35H59/c1-6-7-8-9-10-13-28-24-31-18-16-27(23-32(31)25-28)15-17-29-14-11-12-26(2)34(29)30-19-21-33(22-20-30)35(3,4)5/h16,18,23,26,28-31,33-34H,6-15,17,19-22,24-25H2,1-5H3/t26?,28?,29-,30?,31+,33?,34-/m1/s1. The van der Waals surface area contributed by atoms with Crippen molar-refractivity contribution in [2.45, 2.75) is 144 Å². The highest BCUT2D eigenvalue weighted by molar-refractivity contribution is 5.37. The summed E-state index contributed by atoms with van der Waals surface area (Å²) in [5.74, 6) is 6.63. The van der Waals surface area contributed by atoms with Gasteiger partial charge in [0.2, 0.25) is 0 Å². The molecule has 0 saturated heterocycles. The summed E-state index contributed by atoms with van der Waals surface area (Å²) in [6, 6.07) is 0. The molecular weight excluding hydrogens is 420 g/mol. The Labute approximate surface area is 220 Å². The van der Waals surface area contributed by atoms with Gasteiger partial charge in [-0.3, -0.25) is 0 Å². The van der Waals surface area contributed by atoms with Crippen LogP contribution in [-0.4, -0.2) is 0 Å². The van der Waals surface area contributed by atoms with Gasteiger partial charge in [0.25, 0.3) is 0 Å². The molecule has 4 aliphatic carbocycles. The van der Waals surface area contributed by atoms with Crippen molar-refractivity contribution in [1.82, 2.24) is 0 Å². The van der Waals surface area contributed by atoms with Gasteiger partial charge >= 0.3 is 0 Å². The van der Waals surface area contributed by atoms with Crippen LogP contribution in [0, 0.1) is 53.3 Å². The fourth-order valence-corrected chi connectivity index (χ4v) is 8.84. The minimum atomic E-state index is 0.506. The number of hydrogen-bond donors (Lipinski definition) is 0. The Morgan fingerprint density at radius 2 is 1.66 bits per heavy atom. The van der Waals surface area contributed by atoms with Crippen LogP contribution < -0.4 is 0 Å². The smallest absolute Gasteiger partial charge is 0.00929 e. The van der Waals surface area contributed by atoms with Gasteiger partial charge in [0.1, 0.15) is 0 Å². The largest absolute Gasteiger partial charge is 0.0770 e. The second-order valence-electron chi connectivity index (χ2n) is 14.5. The van der Waals surface area contributed by atoms with Gasteiger partial charge in [0, 0.05) is 0 Å². The number of hydrogen-bond acceptors (Lipinski definition) is 0. The first kappa shape index (κ1) is 27.5. The second kappa shape index (κ2) is 12.8. The summed E-state index contributed by atoms with van der Waals surface area (Å²) < 4.78 is 0. The third kappa shape index (κ3) is 7.51. The van der Waals surface area contributed by atoms with Gasteiger partial charge in [0.15, 0.2) is 0 Å². The Morgan fingerprint density at radius 1 is 0.886 bits per heavy atom. The highest BCUT2D eigenvalue weighted by Crippen LogP contribution is 2.50. The summed E-state index contributed by atoms with van der Waals surface area (Å²) in [6.45, 7) is 12.3. The summed E-state index contributed by atoms with van der Waals surface area (Å²) in [7, 11) is 0. The molecule has 0 N–H and O–H groups in total. The van der Waals surface area contributed by atoms with Crippen molar-refractivity contribution in [3.63, 3.8) is 0 Å². The molecule has 0 aromatic carbocycles. The number of rotatable bonds is 10. The minimum absolute atomic E-state index is 0.506. The molecule has 0 aliphatic heterocycles.